The second-order valence-corrected chi connectivity index (χ2v) is 5.17. The number of rotatable bonds is 5. The summed E-state index contributed by atoms with van der Waals surface area (Å²) in [6.07, 6.45) is 9.93. The summed E-state index contributed by atoms with van der Waals surface area (Å²) in [6.45, 7) is 2.18. The van der Waals surface area contributed by atoms with E-state index >= 15 is 0 Å². The van der Waals surface area contributed by atoms with Crippen molar-refractivity contribution in [2.24, 2.45) is 5.73 Å². The SMILES string of the molecule is CCCCc1ccc(C(=O)NC2=CCC(N)C=C2)cc1. The molecule has 0 aromatic heterocycles. The van der Waals surface area contributed by atoms with Crippen LogP contribution in [0.15, 0.2) is 48.2 Å². The van der Waals surface area contributed by atoms with E-state index in [1.54, 1.807) is 0 Å². The lowest BCUT2D eigenvalue weighted by molar-refractivity contribution is 0.0967. The Morgan fingerprint density at radius 2 is 2.10 bits per heavy atom. The minimum Gasteiger partial charge on any atom is -0.324 e. The molecule has 0 aliphatic heterocycles. The van der Waals surface area contributed by atoms with Crippen molar-refractivity contribution in [1.29, 1.82) is 0 Å². The zero-order chi connectivity index (χ0) is 14.4. The van der Waals surface area contributed by atoms with Crippen molar-refractivity contribution in [3.05, 3.63) is 59.3 Å². The van der Waals surface area contributed by atoms with Crippen molar-refractivity contribution < 1.29 is 4.79 Å². The van der Waals surface area contributed by atoms with Crippen LogP contribution < -0.4 is 11.1 Å². The van der Waals surface area contributed by atoms with Crippen molar-refractivity contribution in [1.82, 2.24) is 5.32 Å². The van der Waals surface area contributed by atoms with E-state index in [2.05, 4.69) is 12.2 Å². The molecule has 0 saturated heterocycles. The second kappa shape index (κ2) is 7.06. The highest BCUT2D eigenvalue weighted by Crippen LogP contribution is 2.10. The number of nitrogens with one attached hydrogen (secondary N) is 1. The van der Waals surface area contributed by atoms with Crippen LogP contribution in [0.1, 0.15) is 42.1 Å². The van der Waals surface area contributed by atoms with Crippen LogP contribution in [0.5, 0.6) is 0 Å². The van der Waals surface area contributed by atoms with Gasteiger partial charge >= 0.3 is 0 Å². The van der Waals surface area contributed by atoms with E-state index in [0.717, 1.165) is 18.5 Å². The highest BCUT2D eigenvalue weighted by atomic mass is 16.1. The molecular weight excluding hydrogens is 248 g/mol. The highest BCUT2D eigenvalue weighted by molar-refractivity contribution is 5.95. The minimum atomic E-state index is -0.0709. The van der Waals surface area contributed by atoms with Crippen LogP contribution in [0.4, 0.5) is 0 Å². The summed E-state index contributed by atoms with van der Waals surface area (Å²) >= 11 is 0. The largest absolute Gasteiger partial charge is 0.324 e. The van der Waals surface area contributed by atoms with Gasteiger partial charge in [-0.15, -0.1) is 0 Å². The normalized spacial score (nSPS) is 17.7. The molecule has 1 atom stereocenters. The Hall–Kier alpha value is -1.87. The van der Waals surface area contributed by atoms with Crippen molar-refractivity contribution >= 4 is 5.91 Å². The number of carbonyl (C=O) groups excluding carboxylic acids is 1. The summed E-state index contributed by atoms with van der Waals surface area (Å²) in [7, 11) is 0. The third-order valence-electron chi connectivity index (χ3n) is 3.43. The fraction of sp³-hybridized carbons (Fsp3) is 0.353. The van der Waals surface area contributed by atoms with Gasteiger partial charge in [0.25, 0.3) is 5.91 Å². The van der Waals surface area contributed by atoms with Gasteiger partial charge < -0.3 is 11.1 Å². The summed E-state index contributed by atoms with van der Waals surface area (Å²) in [4.78, 5) is 12.1. The quantitative estimate of drug-likeness (QED) is 0.864. The van der Waals surface area contributed by atoms with Crippen molar-refractivity contribution in [2.75, 3.05) is 0 Å². The number of carbonyl (C=O) groups is 1. The molecule has 1 aromatic rings. The van der Waals surface area contributed by atoms with Crippen LogP contribution in [-0.2, 0) is 6.42 Å². The molecule has 20 heavy (non-hydrogen) atoms. The highest BCUT2D eigenvalue weighted by Gasteiger charge is 2.09. The van der Waals surface area contributed by atoms with E-state index in [9.17, 15) is 4.79 Å². The Morgan fingerprint density at radius 3 is 2.70 bits per heavy atom. The number of aryl methyl sites for hydroxylation is 1. The summed E-state index contributed by atoms with van der Waals surface area (Å²) in [5.41, 5.74) is 8.55. The maximum atomic E-state index is 12.1. The minimum absolute atomic E-state index is 0.0634. The van der Waals surface area contributed by atoms with E-state index in [0.29, 0.717) is 5.56 Å². The van der Waals surface area contributed by atoms with E-state index in [1.807, 2.05) is 42.5 Å². The first-order chi connectivity index (χ1) is 9.69. The summed E-state index contributed by atoms with van der Waals surface area (Å²) in [6, 6.07) is 7.91. The molecule has 0 spiro atoms. The van der Waals surface area contributed by atoms with Gasteiger partial charge in [-0.25, -0.2) is 0 Å². The molecule has 1 aliphatic carbocycles. The molecule has 0 bridgehead atoms. The van der Waals surface area contributed by atoms with E-state index in [1.165, 1.54) is 18.4 Å². The second-order valence-electron chi connectivity index (χ2n) is 5.17. The Morgan fingerprint density at radius 1 is 1.35 bits per heavy atom. The van der Waals surface area contributed by atoms with Crippen LogP contribution in [0.3, 0.4) is 0 Å². The van der Waals surface area contributed by atoms with Gasteiger partial charge in [-0.05, 0) is 43.0 Å². The van der Waals surface area contributed by atoms with E-state index in [-0.39, 0.29) is 11.9 Å². The van der Waals surface area contributed by atoms with E-state index in [4.69, 9.17) is 5.73 Å². The fourth-order valence-electron chi connectivity index (χ4n) is 2.14. The molecule has 2 rings (SSSR count). The van der Waals surface area contributed by atoms with Crippen LogP contribution in [-0.4, -0.2) is 11.9 Å². The topological polar surface area (TPSA) is 55.1 Å². The lowest BCUT2D eigenvalue weighted by Crippen LogP contribution is -2.25. The number of hydrogen-bond acceptors (Lipinski definition) is 2. The number of hydrogen-bond donors (Lipinski definition) is 2. The molecule has 3 heteroatoms. The molecule has 0 radical (unpaired) electrons. The molecule has 1 amide bonds. The third kappa shape index (κ3) is 4.07. The molecular formula is C17H22N2O. The lowest BCUT2D eigenvalue weighted by Gasteiger charge is -2.13. The van der Waals surface area contributed by atoms with Gasteiger partial charge in [0.2, 0.25) is 0 Å². The van der Waals surface area contributed by atoms with Crippen LogP contribution in [0, 0.1) is 0 Å². The first-order valence-electron chi connectivity index (χ1n) is 7.23. The van der Waals surface area contributed by atoms with Crippen molar-refractivity contribution in [3.8, 4) is 0 Å². The lowest BCUT2D eigenvalue weighted by atomic mass is 10.1. The standard InChI is InChI=1S/C17H22N2O/c1-2-3-4-13-5-7-14(8-6-13)17(20)19-16-11-9-15(18)10-12-16/h5-9,11-12,15H,2-4,10,18H2,1H3,(H,19,20). The van der Waals surface area contributed by atoms with Gasteiger partial charge in [-0.2, -0.15) is 0 Å². The maximum absolute atomic E-state index is 12.1. The molecule has 0 heterocycles. The first-order valence-corrected chi connectivity index (χ1v) is 7.23. The average molecular weight is 270 g/mol. The summed E-state index contributed by atoms with van der Waals surface area (Å²) < 4.78 is 0. The van der Waals surface area contributed by atoms with Gasteiger partial charge in [-0.3, -0.25) is 4.79 Å². The molecule has 3 N–H and O–H groups in total. The first kappa shape index (κ1) is 14.5. The molecule has 106 valence electrons. The Labute approximate surface area is 120 Å². The third-order valence-corrected chi connectivity index (χ3v) is 3.43. The Kier molecular flexibility index (Phi) is 5.13. The predicted molar refractivity (Wildman–Crippen MR) is 82.3 cm³/mol. The van der Waals surface area contributed by atoms with Crippen LogP contribution in [0.2, 0.25) is 0 Å². The molecule has 1 aromatic carbocycles. The fourth-order valence-corrected chi connectivity index (χ4v) is 2.14. The van der Waals surface area contributed by atoms with E-state index < -0.39 is 0 Å². The number of amides is 1. The smallest absolute Gasteiger partial charge is 0.255 e. The number of nitrogens with two attached hydrogens (primary N) is 1. The van der Waals surface area contributed by atoms with Gasteiger partial charge in [-0.1, -0.05) is 37.6 Å². The van der Waals surface area contributed by atoms with Gasteiger partial charge in [0.1, 0.15) is 0 Å². The zero-order valence-corrected chi connectivity index (χ0v) is 11.9. The Bertz CT molecular complexity index is 514. The van der Waals surface area contributed by atoms with Crippen molar-refractivity contribution in [2.45, 2.75) is 38.6 Å². The molecule has 0 saturated carbocycles. The number of benzene rings is 1. The zero-order valence-electron chi connectivity index (χ0n) is 11.9. The van der Waals surface area contributed by atoms with Crippen LogP contribution in [0.25, 0.3) is 0 Å². The molecule has 3 nitrogen and oxygen atoms in total. The predicted octanol–water partition coefficient (Wildman–Crippen LogP) is 2.93. The maximum Gasteiger partial charge on any atom is 0.255 e. The molecule has 1 aliphatic rings. The average Bonchev–Trinajstić information content (AvgIpc) is 2.48. The summed E-state index contributed by atoms with van der Waals surface area (Å²) in [5.74, 6) is -0.0709. The molecule has 0 fully saturated rings. The number of unbranched alkanes of at least 4 members (excludes halogenated alkanes) is 1. The monoisotopic (exact) mass is 270 g/mol. The van der Waals surface area contributed by atoms with Crippen molar-refractivity contribution in [3.63, 3.8) is 0 Å². The Balaban J connectivity index is 1.94. The van der Waals surface area contributed by atoms with Crippen LogP contribution >= 0.6 is 0 Å². The van der Waals surface area contributed by atoms with Gasteiger partial charge in [0, 0.05) is 17.3 Å². The van der Waals surface area contributed by atoms with Gasteiger partial charge in [0.05, 0.1) is 0 Å². The summed E-state index contributed by atoms with van der Waals surface area (Å²) in [5, 5.41) is 2.90. The molecule has 1 unspecified atom stereocenters. The van der Waals surface area contributed by atoms with Gasteiger partial charge in [0.15, 0.2) is 0 Å². The number of allylic oxidation sites excluding steroid dienone is 1.